The third-order valence-corrected chi connectivity index (χ3v) is 5.98. The Hall–Kier alpha value is -0.790. The average molecular weight is 278 g/mol. The van der Waals surface area contributed by atoms with Gasteiger partial charge in [-0.1, -0.05) is 34.1 Å². The molecular formula is C18H30O2. The maximum atomic E-state index is 12.8. The Balaban J connectivity index is 2.16. The van der Waals surface area contributed by atoms with Gasteiger partial charge < -0.3 is 5.11 Å². The molecular weight excluding hydrogens is 248 g/mol. The predicted octanol–water partition coefficient (Wildman–Crippen LogP) is 5.18. The maximum absolute atomic E-state index is 12.8. The van der Waals surface area contributed by atoms with E-state index in [1.807, 2.05) is 6.92 Å². The van der Waals surface area contributed by atoms with Crippen LogP contribution in [0.5, 0.6) is 0 Å². The summed E-state index contributed by atoms with van der Waals surface area (Å²) in [7, 11) is 0. The van der Waals surface area contributed by atoms with Crippen molar-refractivity contribution in [2.45, 2.75) is 79.6 Å². The molecule has 0 aromatic rings. The Kier molecular flexibility index (Phi) is 3.81. The van der Waals surface area contributed by atoms with Crippen LogP contribution in [0.2, 0.25) is 0 Å². The Labute approximate surface area is 123 Å². The van der Waals surface area contributed by atoms with Crippen LogP contribution >= 0.6 is 0 Å². The zero-order valence-corrected chi connectivity index (χ0v) is 13.8. The van der Waals surface area contributed by atoms with Crippen LogP contribution in [0, 0.1) is 16.2 Å². The van der Waals surface area contributed by atoms with Crippen molar-refractivity contribution in [2.24, 2.45) is 16.2 Å². The third-order valence-electron chi connectivity index (χ3n) is 5.98. The van der Waals surface area contributed by atoms with Gasteiger partial charge in [-0.25, -0.2) is 0 Å². The Morgan fingerprint density at radius 2 is 1.35 bits per heavy atom. The summed E-state index contributed by atoms with van der Waals surface area (Å²) in [6.45, 7) is 10.6. The fraction of sp³-hybridized carbons (Fsp3) is 0.833. The zero-order valence-electron chi connectivity index (χ0n) is 13.8. The minimum absolute atomic E-state index is 0.135. The fourth-order valence-corrected chi connectivity index (χ4v) is 3.66. The summed E-state index contributed by atoms with van der Waals surface area (Å²) < 4.78 is 0. The number of hydrogen-bond donors (Lipinski definition) is 1. The van der Waals surface area contributed by atoms with Crippen LogP contribution in [0.15, 0.2) is 11.3 Å². The Bertz CT molecular complexity index is 428. The largest absolute Gasteiger partial charge is 0.511 e. The number of rotatable bonds is 3. The van der Waals surface area contributed by atoms with E-state index in [1.54, 1.807) is 0 Å². The molecule has 2 aliphatic carbocycles. The second kappa shape index (κ2) is 4.89. The van der Waals surface area contributed by atoms with E-state index < -0.39 is 0 Å². The molecule has 20 heavy (non-hydrogen) atoms. The molecule has 2 heteroatoms. The molecule has 0 aliphatic heterocycles. The van der Waals surface area contributed by atoms with Crippen LogP contribution in [0.1, 0.15) is 79.6 Å². The van der Waals surface area contributed by atoms with E-state index in [9.17, 15) is 9.90 Å². The number of aliphatic hydroxyl groups excluding tert-OH is 1. The van der Waals surface area contributed by atoms with Crippen molar-refractivity contribution < 1.29 is 9.90 Å². The normalized spacial score (nSPS) is 28.2. The topological polar surface area (TPSA) is 37.3 Å². The van der Waals surface area contributed by atoms with Gasteiger partial charge >= 0.3 is 0 Å². The molecule has 2 fully saturated rings. The molecule has 0 bridgehead atoms. The lowest BCUT2D eigenvalue weighted by Crippen LogP contribution is -2.37. The van der Waals surface area contributed by atoms with E-state index in [0.717, 1.165) is 44.9 Å². The molecule has 2 nitrogen and oxygen atoms in total. The fourth-order valence-electron chi connectivity index (χ4n) is 3.66. The molecule has 0 amide bonds. The quantitative estimate of drug-likeness (QED) is 0.570. The van der Waals surface area contributed by atoms with Crippen molar-refractivity contribution in [2.75, 3.05) is 0 Å². The van der Waals surface area contributed by atoms with Crippen LogP contribution in [0.3, 0.4) is 0 Å². The molecule has 0 spiro atoms. The zero-order chi connectivity index (χ0) is 15.2. The summed E-state index contributed by atoms with van der Waals surface area (Å²) in [5.74, 6) is 0.540. The van der Waals surface area contributed by atoms with Gasteiger partial charge in [0.15, 0.2) is 5.78 Å². The van der Waals surface area contributed by atoms with Crippen LogP contribution < -0.4 is 0 Å². The monoisotopic (exact) mass is 278 g/mol. The first-order chi connectivity index (χ1) is 9.10. The first kappa shape index (κ1) is 15.6. The summed E-state index contributed by atoms with van der Waals surface area (Å²) in [6, 6.07) is 0. The van der Waals surface area contributed by atoms with Gasteiger partial charge in [0.25, 0.3) is 0 Å². The van der Waals surface area contributed by atoms with E-state index >= 15 is 0 Å². The molecule has 2 aliphatic rings. The highest BCUT2D eigenvalue weighted by Crippen LogP contribution is 2.49. The van der Waals surface area contributed by atoms with Crippen LogP contribution in [-0.4, -0.2) is 10.9 Å². The summed E-state index contributed by atoms with van der Waals surface area (Å²) in [6.07, 6.45) is 7.26. The van der Waals surface area contributed by atoms with E-state index in [0.29, 0.717) is 16.7 Å². The molecule has 2 rings (SSSR count). The van der Waals surface area contributed by atoms with E-state index in [2.05, 4.69) is 27.7 Å². The number of carbonyl (C=O) groups is 1. The van der Waals surface area contributed by atoms with Crippen molar-refractivity contribution in [3.8, 4) is 0 Å². The minimum atomic E-state index is -0.270. The number of aliphatic hydroxyl groups is 1. The Morgan fingerprint density at radius 3 is 1.75 bits per heavy atom. The number of ketones is 1. The molecule has 0 aromatic carbocycles. The van der Waals surface area contributed by atoms with Crippen molar-refractivity contribution in [1.82, 2.24) is 0 Å². The van der Waals surface area contributed by atoms with Crippen LogP contribution in [0.4, 0.5) is 0 Å². The lowest BCUT2D eigenvalue weighted by atomic mass is 9.62. The van der Waals surface area contributed by atoms with Crippen LogP contribution in [0.25, 0.3) is 0 Å². The van der Waals surface area contributed by atoms with E-state index in [-0.39, 0.29) is 16.6 Å². The lowest BCUT2D eigenvalue weighted by molar-refractivity contribution is -0.127. The molecule has 0 saturated heterocycles. The molecule has 1 N–H and O–H groups in total. The van der Waals surface area contributed by atoms with Gasteiger partial charge in [-0.15, -0.1) is 0 Å². The molecule has 114 valence electrons. The van der Waals surface area contributed by atoms with Gasteiger partial charge in [0, 0.05) is 16.4 Å². The summed E-state index contributed by atoms with van der Waals surface area (Å²) in [5.41, 5.74) is 0.575. The predicted molar refractivity (Wildman–Crippen MR) is 82.6 cm³/mol. The smallest absolute Gasteiger partial charge is 0.167 e. The van der Waals surface area contributed by atoms with Gasteiger partial charge in [-0.3, -0.25) is 4.79 Å². The number of allylic oxidation sites excluding steroid dienone is 2. The first-order valence-corrected chi connectivity index (χ1v) is 8.05. The van der Waals surface area contributed by atoms with Crippen molar-refractivity contribution in [1.29, 1.82) is 0 Å². The molecule has 2 saturated carbocycles. The summed E-state index contributed by atoms with van der Waals surface area (Å²) in [5, 5.41) is 10.5. The third kappa shape index (κ3) is 2.66. The van der Waals surface area contributed by atoms with Gasteiger partial charge in [0.05, 0.1) is 0 Å². The lowest BCUT2D eigenvalue weighted by Gasteiger charge is -2.42. The molecule has 0 radical (unpaired) electrons. The van der Waals surface area contributed by atoms with Crippen molar-refractivity contribution in [3.63, 3.8) is 0 Å². The van der Waals surface area contributed by atoms with Gasteiger partial charge in [0.2, 0.25) is 0 Å². The second-order valence-electron chi connectivity index (χ2n) is 8.44. The standard InChI is InChI=1S/C18H30O2/c1-13(14(19)17(4)7-6-8-17)15(20)18(5)11-9-16(2,3)10-12-18/h19H,6-12H2,1-5H3. The average Bonchev–Trinajstić information content (AvgIpc) is 2.37. The SMILES string of the molecule is CC(C(=O)C1(C)CCC(C)(C)CC1)=C(O)C1(C)CCC1. The first-order valence-electron chi connectivity index (χ1n) is 8.05. The maximum Gasteiger partial charge on any atom is 0.167 e. The second-order valence-corrected chi connectivity index (χ2v) is 8.44. The minimum Gasteiger partial charge on any atom is -0.511 e. The molecule has 0 unspecified atom stereocenters. The van der Waals surface area contributed by atoms with Gasteiger partial charge in [0.1, 0.15) is 5.76 Å². The van der Waals surface area contributed by atoms with Crippen molar-refractivity contribution in [3.05, 3.63) is 11.3 Å². The van der Waals surface area contributed by atoms with Crippen molar-refractivity contribution >= 4 is 5.78 Å². The van der Waals surface area contributed by atoms with Gasteiger partial charge in [-0.2, -0.15) is 0 Å². The molecule has 0 aromatic heterocycles. The number of hydrogen-bond acceptors (Lipinski definition) is 2. The van der Waals surface area contributed by atoms with Gasteiger partial charge in [-0.05, 0) is 50.9 Å². The highest BCUT2D eigenvalue weighted by atomic mass is 16.3. The number of carbonyl (C=O) groups excluding carboxylic acids is 1. The van der Waals surface area contributed by atoms with E-state index in [4.69, 9.17) is 0 Å². The molecule has 0 heterocycles. The van der Waals surface area contributed by atoms with E-state index in [1.165, 1.54) is 0 Å². The Morgan fingerprint density at radius 1 is 0.850 bits per heavy atom. The van der Waals surface area contributed by atoms with Crippen LogP contribution in [-0.2, 0) is 4.79 Å². The highest BCUT2D eigenvalue weighted by molar-refractivity contribution is 5.99. The molecule has 0 atom stereocenters. The number of Topliss-reactive ketones (excluding diaryl/α,β-unsaturated/α-hetero) is 1. The summed E-state index contributed by atoms with van der Waals surface area (Å²) in [4.78, 5) is 12.8. The highest BCUT2D eigenvalue weighted by Gasteiger charge is 2.43. The summed E-state index contributed by atoms with van der Waals surface area (Å²) >= 11 is 0.